The second-order valence-electron chi connectivity index (χ2n) is 8.59. The number of hydrogen-bond donors (Lipinski definition) is 1. The largest absolute Gasteiger partial charge is 0.473 e. The average molecular weight is 318 g/mol. The first kappa shape index (κ1) is 17.5. The van der Waals surface area contributed by atoms with Crippen molar-refractivity contribution in [1.29, 1.82) is 0 Å². The fourth-order valence-electron chi connectivity index (χ4n) is 3.81. The summed E-state index contributed by atoms with van der Waals surface area (Å²) in [5, 5.41) is 0. The molecule has 1 N–H and O–H groups in total. The van der Waals surface area contributed by atoms with Crippen LogP contribution in [0.4, 0.5) is 0 Å². The van der Waals surface area contributed by atoms with E-state index in [0.717, 1.165) is 38.5 Å². The van der Waals surface area contributed by atoms with E-state index in [9.17, 15) is 9.46 Å². The van der Waals surface area contributed by atoms with Gasteiger partial charge in [0.15, 0.2) is 0 Å². The molecule has 124 valence electrons. The summed E-state index contributed by atoms with van der Waals surface area (Å²) in [4.78, 5) is 10.3. The summed E-state index contributed by atoms with van der Waals surface area (Å²) in [5.74, 6) is 0. The van der Waals surface area contributed by atoms with Crippen LogP contribution in [-0.4, -0.2) is 16.1 Å². The third-order valence-corrected chi connectivity index (χ3v) is 7.68. The van der Waals surface area contributed by atoms with Crippen molar-refractivity contribution in [3.63, 3.8) is 0 Å². The molecule has 0 radical (unpaired) electrons. The van der Waals surface area contributed by atoms with E-state index in [2.05, 4.69) is 27.7 Å². The minimum atomic E-state index is -4.08. The van der Waals surface area contributed by atoms with Gasteiger partial charge in [0.2, 0.25) is 0 Å². The molecule has 2 saturated carbocycles. The monoisotopic (exact) mass is 318 g/mol. The molecular formula is C16H31O4P. The SMILES string of the molecule is CC1(C)CCCC1(C)OP(=O)(O)OC1(C)CCCC1(C)C. The highest BCUT2D eigenvalue weighted by Gasteiger charge is 2.54. The summed E-state index contributed by atoms with van der Waals surface area (Å²) >= 11 is 0. The molecule has 4 nitrogen and oxygen atoms in total. The fraction of sp³-hybridized carbons (Fsp3) is 1.00. The van der Waals surface area contributed by atoms with Crippen LogP contribution < -0.4 is 0 Å². The lowest BCUT2D eigenvalue weighted by Crippen LogP contribution is -2.42. The van der Waals surface area contributed by atoms with Gasteiger partial charge >= 0.3 is 7.82 Å². The third kappa shape index (κ3) is 3.10. The molecule has 5 heteroatoms. The van der Waals surface area contributed by atoms with Gasteiger partial charge in [-0.05, 0) is 63.2 Å². The molecule has 0 aromatic heterocycles. The first-order valence-corrected chi connectivity index (χ1v) is 9.57. The van der Waals surface area contributed by atoms with E-state index in [-0.39, 0.29) is 10.8 Å². The average Bonchev–Trinajstić information content (AvgIpc) is 2.63. The molecule has 0 heterocycles. The summed E-state index contributed by atoms with van der Waals surface area (Å²) in [6.07, 6.45) is 5.65. The normalized spacial score (nSPS) is 41.1. The van der Waals surface area contributed by atoms with Crippen LogP contribution >= 0.6 is 7.82 Å². The van der Waals surface area contributed by atoms with Crippen LogP contribution in [0, 0.1) is 10.8 Å². The van der Waals surface area contributed by atoms with Crippen LogP contribution in [0.15, 0.2) is 0 Å². The van der Waals surface area contributed by atoms with Crippen molar-refractivity contribution >= 4 is 7.82 Å². The Hall–Kier alpha value is 0.110. The van der Waals surface area contributed by atoms with Gasteiger partial charge in [0, 0.05) is 0 Å². The Morgan fingerprint density at radius 3 is 1.33 bits per heavy atom. The van der Waals surface area contributed by atoms with Crippen molar-refractivity contribution in [3.05, 3.63) is 0 Å². The quantitative estimate of drug-likeness (QED) is 0.736. The maximum Gasteiger partial charge on any atom is 0.473 e. The van der Waals surface area contributed by atoms with E-state index in [1.165, 1.54) is 0 Å². The van der Waals surface area contributed by atoms with Crippen LogP contribution in [0.5, 0.6) is 0 Å². The van der Waals surface area contributed by atoms with Crippen molar-refractivity contribution in [2.24, 2.45) is 10.8 Å². The highest BCUT2D eigenvalue weighted by molar-refractivity contribution is 7.47. The number of hydrogen-bond acceptors (Lipinski definition) is 3. The van der Waals surface area contributed by atoms with Gasteiger partial charge in [0.25, 0.3) is 0 Å². The zero-order valence-corrected chi connectivity index (χ0v) is 15.3. The van der Waals surface area contributed by atoms with E-state index < -0.39 is 19.0 Å². The number of phosphoric ester groups is 1. The molecule has 21 heavy (non-hydrogen) atoms. The highest BCUT2D eigenvalue weighted by atomic mass is 31.2. The molecule has 2 fully saturated rings. The van der Waals surface area contributed by atoms with Gasteiger partial charge in [-0.2, -0.15) is 0 Å². The first-order chi connectivity index (χ1) is 9.33. The van der Waals surface area contributed by atoms with Crippen LogP contribution in [0.25, 0.3) is 0 Å². The Kier molecular flexibility index (Phi) is 4.21. The molecular weight excluding hydrogens is 287 g/mol. The van der Waals surface area contributed by atoms with Crippen LogP contribution in [-0.2, 0) is 13.6 Å². The molecule has 0 aliphatic heterocycles. The maximum absolute atomic E-state index is 12.6. The lowest BCUT2D eigenvalue weighted by Gasteiger charge is -2.42. The van der Waals surface area contributed by atoms with E-state index in [1.807, 2.05) is 13.8 Å². The van der Waals surface area contributed by atoms with Crippen molar-refractivity contribution in [2.45, 2.75) is 91.3 Å². The summed E-state index contributed by atoms with van der Waals surface area (Å²) in [7, 11) is -4.08. The Morgan fingerprint density at radius 1 is 0.762 bits per heavy atom. The van der Waals surface area contributed by atoms with Crippen molar-refractivity contribution < 1.29 is 18.5 Å². The van der Waals surface area contributed by atoms with Crippen molar-refractivity contribution in [3.8, 4) is 0 Å². The Bertz CT molecular complexity index is 421. The van der Waals surface area contributed by atoms with Crippen LogP contribution in [0.1, 0.15) is 80.1 Å². The van der Waals surface area contributed by atoms with Gasteiger partial charge < -0.3 is 4.89 Å². The second kappa shape index (κ2) is 5.06. The standard InChI is InChI=1S/C16H31O4P/c1-13(2)9-7-11-15(13,5)19-21(17,18)20-16(6)12-8-10-14(16,3)4/h7-12H2,1-6H3,(H,17,18). The zero-order valence-electron chi connectivity index (χ0n) is 14.4. The summed E-state index contributed by atoms with van der Waals surface area (Å²) < 4.78 is 24.0. The van der Waals surface area contributed by atoms with E-state index >= 15 is 0 Å². The number of phosphoric acid groups is 1. The molecule has 0 saturated heterocycles. The molecule has 0 amide bonds. The van der Waals surface area contributed by atoms with Crippen molar-refractivity contribution in [1.82, 2.24) is 0 Å². The molecule has 2 aliphatic carbocycles. The fourth-order valence-corrected chi connectivity index (χ4v) is 5.54. The Morgan fingerprint density at radius 2 is 1.10 bits per heavy atom. The van der Waals surface area contributed by atoms with Crippen LogP contribution in [0.2, 0.25) is 0 Å². The van der Waals surface area contributed by atoms with Gasteiger partial charge in [-0.25, -0.2) is 4.57 Å². The Labute approximate surface area is 129 Å². The molecule has 2 aliphatic rings. The molecule has 2 unspecified atom stereocenters. The van der Waals surface area contributed by atoms with Gasteiger partial charge in [0.1, 0.15) is 0 Å². The van der Waals surface area contributed by atoms with Crippen LogP contribution in [0.3, 0.4) is 0 Å². The maximum atomic E-state index is 12.6. The minimum absolute atomic E-state index is 0.110. The van der Waals surface area contributed by atoms with Gasteiger partial charge in [-0.1, -0.05) is 27.7 Å². The third-order valence-electron chi connectivity index (χ3n) is 6.41. The second-order valence-corrected chi connectivity index (χ2v) is 9.89. The summed E-state index contributed by atoms with van der Waals surface area (Å²) in [6.45, 7) is 12.3. The minimum Gasteiger partial charge on any atom is -0.302 e. The smallest absolute Gasteiger partial charge is 0.302 e. The summed E-state index contributed by atoms with van der Waals surface area (Å²) in [5.41, 5.74) is -1.42. The van der Waals surface area contributed by atoms with E-state index in [4.69, 9.17) is 9.05 Å². The van der Waals surface area contributed by atoms with Crippen molar-refractivity contribution in [2.75, 3.05) is 0 Å². The van der Waals surface area contributed by atoms with Gasteiger partial charge in [0.05, 0.1) is 11.2 Å². The molecule has 2 rings (SSSR count). The first-order valence-electron chi connectivity index (χ1n) is 8.07. The molecule has 0 aromatic carbocycles. The predicted octanol–water partition coefficient (Wildman–Crippen LogP) is 5.06. The van der Waals surface area contributed by atoms with Gasteiger partial charge in [-0.15, -0.1) is 0 Å². The zero-order chi connectivity index (χ0) is 16.2. The van der Waals surface area contributed by atoms with Gasteiger partial charge in [-0.3, -0.25) is 9.05 Å². The number of rotatable bonds is 4. The molecule has 2 atom stereocenters. The molecule has 0 bridgehead atoms. The molecule has 0 spiro atoms. The topological polar surface area (TPSA) is 55.8 Å². The van der Waals surface area contributed by atoms with E-state index in [0.29, 0.717) is 0 Å². The van der Waals surface area contributed by atoms with E-state index in [1.54, 1.807) is 0 Å². The lowest BCUT2D eigenvalue weighted by atomic mass is 9.79. The molecule has 0 aromatic rings. The highest BCUT2D eigenvalue weighted by Crippen LogP contribution is 2.62. The Balaban J connectivity index is 2.15. The summed E-state index contributed by atoms with van der Waals surface area (Å²) in [6, 6.07) is 0. The lowest BCUT2D eigenvalue weighted by molar-refractivity contribution is -0.0747. The predicted molar refractivity (Wildman–Crippen MR) is 84.1 cm³/mol.